The van der Waals surface area contributed by atoms with Gasteiger partial charge in [-0.25, -0.2) is 14.5 Å². The van der Waals surface area contributed by atoms with Gasteiger partial charge in [0.2, 0.25) is 0 Å². The van der Waals surface area contributed by atoms with Crippen molar-refractivity contribution in [2.45, 2.75) is 13.5 Å². The summed E-state index contributed by atoms with van der Waals surface area (Å²) >= 11 is 3.07. The molecule has 6 nitrogen and oxygen atoms in total. The zero-order chi connectivity index (χ0) is 14.7. The van der Waals surface area contributed by atoms with Crippen LogP contribution >= 0.6 is 22.7 Å². The molecule has 0 radical (unpaired) electrons. The molecule has 108 valence electrons. The molecule has 0 aliphatic heterocycles. The van der Waals surface area contributed by atoms with Gasteiger partial charge in [0.05, 0.1) is 18.0 Å². The number of hydrogen-bond donors (Lipinski definition) is 0. The third kappa shape index (κ3) is 2.86. The quantitative estimate of drug-likeness (QED) is 0.676. The molecule has 0 amide bonds. The summed E-state index contributed by atoms with van der Waals surface area (Å²) in [6, 6.07) is 3.86. The Kier molecular flexibility index (Phi) is 4.07. The largest absolute Gasteiger partial charge is 0.461 e. The van der Waals surface area contributed by atoms with E-state index in [1.165, 1.54) is 22.7 Å². The first-order valence-corrected chi connectivity index (χ1v) is 8.08. The van der Waals surface area contributed by atoms with Crippen molar-refractivity contribution in [3.05, 3.63) is 39.8 Å². The maximum Gasteiger partial charge on any atom is 0.361 e. The predicted molar refractivity (Wildman–Crippen MR) is 80.5 cm³/mol. The molecule has 0 spiro atoms. The maximum absolute atomic E-state index is 12.0. The van der Waals surface area contributed by atoms with Crippen molar-refractivity contribution < 1.29 is 9.53 Å². The number of carbonyl (C=O) groups excluding carboxylic acids is 1. The zero-order valence-electron chi connectivity index (χ0n) is 11.2. The van der Waals surface area contributed by atoms with E-state index in [0.717, 1.165) is 9.88 Å². The zero-order valence-corrected chi connectivity index (χ0v) is 12.9. The molecule has 3 aromatic heterocycles. The van der Waals surface area contributed by atoms with E-state index in [2.05, 4.69) is 15.3 Å². The number of aromatic nitrogens is 4. The van der Waals surface area contributed by atoms with Crippen LogP contribution in [0.25, 0.3) is 10.6 Å². The molecule has 0 bridgehead atoms. The Hall–Kier alpha value is -2.06. The average molecular weight is 320 g/mol. The van der Waals surface area contributed by atoms with Crippen molar-refractivity contribution in [1.29, 1.82) is 0 Å². The van der Waals surface area contributed by atoms with Crippen molar-refractivity contribution in [1.82, 2.24) is 20.0 Å². The first-order valence-electron chi connectivity index (χ1n) is 6.32. The fourth-order valence-corrected chi connectivity index (χ4v) is 3.25. The summed E-state index contributed by atoms with van der Waals surface area (Å²) in [7, 11) is 0. The van der Waals surface area contributed by atoms with Crippen LogP contribution in [0.2, 0.25) is 0 Å². The van der Waals surface area contributed by atoms with Crippen LogP contribution in [0.3, 0.4) is 0 Å². The van der Waals surface area contributed by atoms with Gasteiger partial charge in [-0.15, -0.1) is 27.8 Å². The van der Waals surface area contributed by atoms with Gasteiger partial charge in [0.15, 0.2) is 5.69 Å². The Labute approximate surface area is 129 Å². The Morgan fingerprint density at radius 3 is 2.95 bits per heavy atom. The Morgan fingerprint density at radius 2 is 2.29 bits per heavy atom. The molecular formula is C13H12N4O2S2. The van der Waals surface area contributed by atoms with Gasteiger partial charge < -0.3 is 4.74 Å². The summed E-state index contributed by atoms with van der Waals surface area (Å²) < 4.78 is 6.74. The van der Waals surface area contributed by atoms with E-state index in [4.69, 9.17) is 4.74 Å². The second-order valence-corrected chi connectivity index (χ2v) is 5.99. The second-order valence-electron chi connectivity index (χ2n) is 4.07. The molecule has 3 heterocycles. The van der Waals surface area contributed by atoms with Crippen LogP contribution in [-0.4, -0.2) is 32.6 Å². The van der Waals surface area contributed by atoms with Crippen LogP contribution in [0, 0.1) is 0 Å². The topological polar surface area (TPSA) is 69.9 Å². The smallest absolute Gasteiger partial charge is 0.361 e. The van der Waals surface area contributed by atoms with Gasteiger partial charge in [-0.3, -0.25) is 0 Å². The third-order valence-corrected chi connectivity index (χ3v) is 4.37. The highest BCUT2D eigenvalue weighted by molar-refractivity contribution is 7.13. The fourth-order valence-electron chi connectivity index (χ4n) is 1.88. The summed E-state index contributed by atoms with van der Waals surface area (Å²) in [4.78, 5) is 17.2. The number of nitrogens with zero attached hydrogens (tertiary/aromatic N) is 4. The summed E-state index contributed by atoms with van der Waals surface area (Å²) in [5.41, 5.74) is 0.925. The molecule has 21 heavy (non-hydrogen) atoms. The molecule has 0 aliphatic carbocycles. The standard InChI is InChI=1S/C13H12N4O2S2/c1-2-19-13(18)11-12(9-4-3-6-20-9)17(16-15-11)8-10-14-5-7-21-10/h3-7H,2,8H2,1H3. The lowest BCUT2D eigenvalue weighted by Gasteiger charge is -2.04. The lowest BCUT2D eigenvalue weighted by molar-refractivity contribution is 0.0520. The van der Waals surface area contributed by atoms with E-state index in [-0.39, 0.29) is 5.69 Å². The van der Waals surface area contributed by atoms with Gasteiger partial charge in [-0.1, -0.05) is 11.3 Å². The minimum Gasteiger partial charge on any atom is -0.461 e. The minimum absolute atomic E-state index is 0.246. The summed E-state index contributed by atoms with van der Waals surface area (Å²) in [6.07, 6.45) is 1.74. The Balaban J connectivity index is 2.02. The van der Waals surface area contributed by atoms with E-state index in [1.54, 1.807) is 17.8 Å². The van der Waals surface area contributed by atoms with Crippen LogP contribution in [0.5, 0.6) is 0 Å². The van der Waals surface area contributed by atoms with Gasteiger partial charge in [-0.2, -0.15) is 0 Å². The van der Waals surface area contributed by atoms with Crippen molar-refractivity contribution in [3.8, 4) is 10.6 Å². The third-order valence-electron chi connectivity index (χ3n) is 2.73. The fraction of sp³-hybridized carbons (Fsp3) is 0.231. The molecule has 8 heteroatoms. The molecule has 3 rings (SSSR count). The molecule has 0 atom stereocenters. The molecule has 0 aliphatic rings. The Bertz CT molecular complexity index is 720. The highest BCUT2D eigenvalue weighted by Crippen LogP contribution is 2.28. The Morgan fingerprint density at radius 1 is 1.38 bits per heavy atom. The van der Waals surface area contributed by atoms with E-state index in [0.29, 0.717) is 18.8 Å². The average Bonchev–Trinajstić information content (AvgIpc) is 3.20. The first-order chi connectivity index (χ1) is 10.3. The molecule has 0 N–H and O–H groups in total. The van der Waals surface area contributed by atoms with Crippen LogP contribution in [0.4, 0.5) is 0 Å². The van der Waals surface area contributed by atoms with Gasteiger partial charge >= 0.3 is 5.97 Å². The predicted octanol–water partition coefficient (Wildman–Crippen LogP) is 2.69. The SMILES string of the molecule is CCOC(=O)c1nnn(Cc2nccs2)c1-c1cccs1. The van der Waals surface area contributed by atoms with Crippen molar-refractivity contribution in [3.63, 3.8) is 0 Å². The van der Waals surface area contributed by atoms with Crippen LogP contribution < -0.4 is 0 Å². The summed E-state index contributed by atoms with van der Waals surface area (Å²) in [5.74, 6) is -0.453. The number of rotatable bonds is 5. The van der Waals surface area contributed by atoms with Gasteiger partial charge in [0.25, 0.3) is 0 Å². The van der Waals surface area contributed by atoms with E-state index < -0.39 is 5.97 Å². The number of thiazole rings is 1. The van der Waals surface area contributed by atoms with Crippen molar-refractivity contribution in [2.24, 2.45) is 0 Å². The molecular weight excluding hydrogens is 308 g/mol. The molecule has 0 fully saturated rings. The van der Waals surface area contributed by atoms with Gasteiger partial charge in [-0.05, 0) is 18.4 Å². The van der Waals surface area contributed by atoms with Gasteiger partial charge in [0, 0.05) is 11.6 Å². The number of esters is 1. The number of carbonyl (C=O) groups is 1. The van der Waals surface area contributed by atoms with E-state index in [1.807, 2.05) is 22.9 Å². The molecule has 0 aromatic carbocycles. The molecule has 0 saturated carbocycles. The minimum atomic E-state index is -0.453. The van der Waals surface area contributed by atoms with Gasteiger partial charge in [0.1, 0.15) is 10.7 Å². The summed E-state index contributed by atoms with van der Waals surface area (Å²) in [5, 5.41) is 12.8. The molecule has 3 aromatic rings. The normalized spacial score (nSPS) is 10.7. The van der Waals surface area contributed by atoms with Crippen LogP contribution in [-0.2, 0) is 11.3 Å². The first kappa shape index (κ1) is 13.9. The van der Waals surface area contributed by atoms with Crippen LogP contribution in [0.1, 0.15) is 22.4 Å². The van der Waals surface area contributed by atoms with Crippen LogP contribution in [0.15, 0.2) is 29.1 Å². The van der Waals surface area contributed by atoms with Crippen molar-refractivity contribution in [2.75, 3.05) is 6.61 Å². The number of ether oxygens (including phenoxy) is 1. The lowest BCUT2D eigenvalue weighted by Crippen LogP contribution is -2.08. The lowest BCUT2D eigenvalue weighted by atomic mass is 10.2. The van der Waals surface area contributed by atoms with E-state index >= 15 is 0 Å². The molecule has 0 saturated heterocycles. The molecule has 0 unspecified atom stereocenters. The number of hydrogen-bond acceptors (Lipinski definition) is 7. The second kappa shape index (κ2) is 6.15. The van der Waals surface area contributed by atoms with E-state index in [9.17, 15) is 4.79 Å². The highest BCUT2D eigenvalue weighted by Gasteiger charge is 2.23. The summed E-state index contributed by atoms with van der Waals surface area (Å²) in [6.45, 7) is 2.56. The monoisotopic (exact) mass is 320 g/mol. The number of thiophene rings is 1. The maximum atomic E-state index is 12.0. The highest BCUT2D eigenvalue weighted by atomic mass is 32.1. The van der Waals surface area contributed by atoms with Crippen molar-refractivity contribution >= 4 is 28.6 Å².